The minimum Gasteiger partial charge on any atom is -0.330 e. The molecule has 3 N–H and O–H groups in total. The maximum atomic E-state index is 11.9. The van der Waals surface area contributed by atoms with Gasteiger partial charge in [-0.3, -0.25) is 9.69 Å². The molecule has 0 aromatic heterocycles. The number of carbonyl (C=O) groups is 1. The molecule has 1 aliphatic heterocycles. The zero-order valence-corrected chi connectivity index (χ0v) is 12.9. The van der Waals surface area contributed by atoms with Gasteiger partial charge < -0.3 is 11.1 Å². The number of likely N-dealkylation sites (tertiary alicyclic amines) is 1. The van der Waals surface area contributed by atoms with Gasteiger partial charge in [0.05, 0.1) is 17.3 Å². The summed E-state index contributed by atoms with van der Waals surface area (Å²) >= 11 is 9.39. The lowest BCUT2D eigenvalue weighted by Crippen LogP contribution is -2.32. The third kappa shape index (κ3) is 4.18. The molecule has 1 atom stereocenters. The average Bonchev–Trinajstić information content (AvgIpc) is 2.80. The lowest BCUT2D eigenvalue weighted by Gasteiger charge is -2.15. The van der Waals surface area contributed by atoms with E-state index >= 15 is 0 Å². The van der Waals surface area contributed by atoms with E-state index in [1.807, 2.05) is 6.07 Å². The fraction of sp³-hybridized carbons (Fsp3) is 0.462. The lowest BCUT2D eigenvalue weighted by molar-refractivity contribution is -0.117. The summed E-state index contributed by atoms with van der Waals surface area (Å²) in [6, 6.07) is 5.40. The van der Waals surface area contributed by atoms with Gasteiger partial charge in [0.1, 0.15) is 0 Å². The van der Waals surface area contributed by atoms with E-state index in [2.05, 4.69) is 26.1 Å². The van der Waals surface area contributed by atoms with Gasteiger partial charge in [-0.2, -0.15) is 0 Å². The molecule has 1 unspecified atom stereocenters. The first-order chi connectivity index (χ1) is 9.08. The molecule has 2 rings (SSSR count). The lowest BCUT2D eigenvalue weighted by atomic mass is 10.1. The van der Waals surface area contributed by atoms with Crippen molar-refractivity contribution in [3.63, 3.8) is 0 Å². The van der Waals surface area contributed by atoms with Crippen LogP contribution < -0.4 is 11.1 Å². The average molecular weight is 347 g/mol. The Morgan fingerprint density at radius 3 is 3.00 bits per heavy atom. The number of amides is 1. The predicted octanol–water partition coefficient (Wildman–Crippen LogP) is 2.32. The van der Waals surface area contributed by atoms with Crippen LogP contribution in [0.2, 0.25) is 5.02 Å². The Labute approximate surface area is 126 Å². The molecule has 6 heteroatoms. The van der Waals surface area contributed by atoms with Gasteiger partial charge >= 0.3 is 0 Å². The largest absolute Gasteiger partial charge is 0.330 e. The van der Waals surface area contributed by atoms with Gasteiger partial charge in [0.2, 0.25) is 5.91 Å². The maximum Gasteiger partial charge on any atom is 0.238 e. The Hall–Kier alpha value is -0.620. The molecule has 1 aromatic carbocycles. The Balaban J connectivity index is 1.87. The first-order valence-corrected chi connectivity index (χ1v) is 7.43. The van der Waals surface area contributed by atoms with Crippen LogP contribution in [0.1, 0.15) is 6.42 Å². The number of rotatable bonds is 4. The van der Waals surface area contributed by atoms with Crippen LogP contribution in [0.15, 0.2) is 22.7 Å². The number of nitrogens with one attached hydrogen (secondary N) is 1. The van der Waals surface area contributed by atoms with E-state index in [1.165, 1.54) is 0 Å². The van der Waals surface area contributed by atoms with Crippen molar-refractivity contribution in [1.29, 1.82) is 0 Å². The molecule has 0 aliphatic carbocycles. The molecule has 1 fully saturated rings. The number of benzene rings is 1. The second kappa shape index (κ2) is 6.70. The van der Waals surface area contributed by atoms with Gasteiger partial charge in [0.15, 0.2) is 0 Å². The first kappa shape index (κ1) is 14.8. The summed E-state index contributed by atoms with van der Waals surface area (Å²) in [6.07, 6.45) is 1.07. The number of hydrogen-bond acceptors (Lipinski definition) is 3. The predicted molar refractivity (Wildman–Crippen MR) is 81.4 cm³/mol. The quantitative estimate of drug-likeness (QED) is 0.879. The normalized spacial score (nSPS) is 19.6. The SMILES string of the molecule is NCC1CCN(CC(=O)Nc2ccc(Br)cc2Cl)C1. The minimum absolute atomic E-state index is 0.0399. The highest BCUT2D eigenvalue weighted by molar-refractivity contribution is 9.10. The molecule has 4 nitrogen and oxygen atoms in total. The summed E-state index contributed by atoms with van der Waals surface area (Å²) in [5.74, 6) is 0.478. The Morgan fingerprint density at radius 1 is 1.58 bits per heavy atom. The van der Waals surface area contributed by atoms with Crippen molar-refractivity contribution in [3.05, 3.63) is 27.7 Å². The molecule has 1 saturated heterocycles. The summed E-state index contributed by atoms with van der Waals surface area (Å²) in [7, 11) is 0. The minimum atomic E-state index is -0.0399. The summed E-state index contributed by atoms with van der Waals surface area (Å²) < 4.78 is 0.890. The monoisotopic (exact) mass is 345 g/mol. The molecular weight excluding hydrogens is 330 g/mol. The molecule has 0 bridgehead atoms. The smallest absolute Gasteiger partial charge is 0.238 e. The summed E-state index contributed by atoms with van der Waals surface area (Å²) in [5.41, 5.74) is 6.28. The zero-order valence-electron chi connectivity index (χ0n) is 10.5. The van der Waals surface area contributed by atoms with Gasteiger partial charge in [0, 0.05) is 11.0 Å². The molecular formula is C13H17BrClN3O. The molecule has 1 amide bonds. The van der Waals surface area contributed by atoms with Gasteiger partial charge in [0.25, 0.3) is 0 Å². The summed E-state index contributed by atoms with van der Waals surface area (Å²) in [6.45, 7) is 2.92. The van der Waals surface area contributed by atoms with E-state index < -0.39 is 0 Å². The van der Waals surface area contributed by atoms with Gasteiger partial charge in [-0.05, 0) is 43.6 Å². The van der Waals surface area contributed by atoms with E-state index in [-0.39, 0.29) is 5.91 Å². The van der Waals surface area contributed by atoms with Gasteiger partial charge in [-0.25, -0.2) is 0 Å². The van der Waals surface area contributed by atoms with Crippen molar-refractivity contribution < 1.29 is 4.79 Å². The molecule has 0 saturated carbocycles. The van der Waals surface area contributed by atoms with Crippen molar-refractivity contribution >= 4 is 39.1 Å². The van der Waals surface area contributed by atoms with Crippen LogP contribution in [-0.4, -0.2) is 37.0 Å². The Morgan fingerprint density at radius 2 is 2.37 bits per heavy atom. The van der Waals surface area contributed by atoms with Crippen molar-refractivity contribution in [2.75, 3.05) is 31.5 Å². The van der Waals surface area contributed by atoms with E-state index in [1.54, 1.807) is 12.1 Å². The fourth-order valence-electron chi connectivity index (χ4n) is 2.23. The van der Waals surface area contributed by atoms with E-state index in [4.69, 9.17) is 17.3 Å². The zero-order chi connectivity index (χ0) is 13.8. The van der Waals surface area contributed by atoms with Crippen molar-refractivity contribution in [2.45, 2.75) is 6.42 Å². The third-order valence-corrected chi connectivity index (χ3v) is 4.08. The van der Waals surface area contributed by atoms with E-state index in [0.717, 1.165) is 24.0 Å². The highest BCUT2D eigenvalue weighted by Crippen LogP contribution is 2.25. The molecule has 0 spiro atoms. The Kier molecular flexibility index (Phi) is 5.21. The number of carbonyl (C=O) groups excluding carboxylic acids is 1. The van der Waals surface area contributed by atoms with Crippen LogP contribution in [0, 0.1) is 5.92 Å². The van der Waals surface area contributed by atoms with Crippen LogP contribution in [0.4, 0.5) is 5.69 Å². The van der Waals surface area contributed by atoms with Crippen molar-refractivity contribution in [3.8, 4) is 0 Å². The third-order valence-electron chi connectivity index (χ3n) is 3.28. The first-order valence-electron chi connectivity index (χ1n) is 6.26. The topological polar surface area (TPSA) is 58.4 Å². The van der Waals surface area contributed by atoms with Crippen LogP contribution in [0.25, 0.3) is 0 Å². The maximum absolute atomic E-state index is 11.9. The van der Waals surface area contributed by atoms with Crippen molar-refractivity contribution in [1.82, 2.24) is 4.90 Å². The number of anilines is 1. The fourth-order valence-corrected chi connectivity index (χ4v) is 2.95. The van der Waals surface area contributed by atoms with Crippen LogP contribution in [0.5, 0.6) is 0 Å². The van der Waals surface area contributed by atoms with E-state index in [0.29, 0.717) is 29.7 Å². The number of nitrogens with zero attached hydrogens (tertiary/aromatic N) is 1. The molecule has 1 aliphatic rings. The van der Waals surface area contributed by atoms with Gasteiger partial charge in [-0.15, -0.1) is 0 Å². The highest BCUT2D eigenvalue weighted by Gasteiger charge is 2.22. The number of hydrogen-bond donors (Lipinski definition) is 2. The second-order valence-electron chi connectivity index (χ2n) is 4.80. The van der Waals surface area contributed by atoms with Crippen molar-refractivity contribution in [2.24, 2.45) is 11.7 Å². The van der Waals surface area contributed by atoms with Crippen LogP contribution >= 0.6 is 27.5 Å². The standard InChI is InChI=1S/C13H17BrClN3O/c14-10-1-2-12(11(15)5-10)17-13(19)8-18-4-3-9(6-16)7-18/h1-2,5,9H,3-4,6-8,16H2,(H,17,19). The molecule has 1 aromatic rings. The van der Waals surface area contributed by atoms with E-state index in [9.17, 15) is 4.79 Å². The highest BCUT2D eigenvalue weighted by atomic mass is 79.9. The molecule has 19 heavy (non-hydrogen) atoms. The molecule has 104 valence electrons. The summed E-state index contributed by atoms with van der Waals surface area (Å²) in [5, 5.41) is 3.36. The van der Waals surface area contributed by atoms with Crippen LogP contribution in [0.3, 0.4) is 0 Å². The van der Waals surface area contributed by atoms with Gasteiger partial charge in [-0.1, -0.05) is 27.5 Å². The van der Waals surface area contributed by atoms with Crippen LogP contribution in [-0.2, 0) is 4.79 Å². The molecule has 1 heterocycles. The second-order valence-corrected chi connectivity index (χ2v) is 6.12. The number of halogens is 2. The Bertz CT molecular complexity index is 469. The number of nitrogens with two attached hydrogens (primary N) is 1. The molecule has 0 radical (unpaired) electrons. The summed E-state index contributed by atoms with van der Waals surface area (Å²) in [4.78, 5) is 14.1.